The first-order chi connectivity index (χ1) is 22.6. The van der Waals surface area contributed by atoms with E-state index in [1.807, 2.05) is 61.5 Å². The van der Waals surface area contributed by atoms with E-state index in [1.165, 1.54) is 44.4 Å². The van der Waals surface area contributed by atoms with E-state index >= 15 is 0 Å². The molecule has 4 aromatic rings. The third-order valence-corrected chi connectivity index (χ3v) is 9.74. The van der Waals surface area contributed by atoms with Crippen LogP contribution in [0.2, 0.25) is 0 Å². The van der Waals surface area contributed by atoms with Gasteiger partial charge in [0.1, 0.15) is 18.3 Å². The predicted octanol–water partition coefficient (Wildman–Crippen LogP) is 5.45. The van der Waals surface area contributed by atoms with Crippen molar-refractivity contribution in [3.8, 4) is 17.2 Å². The molecule has 0 bridgehead atoms. The smallest absolute Gasteiger partial charge is 0.264 e. The molecular formula is C35H38BrN3O7S. The van der Waals surface area contributed by atoms with Gasteiger partial charge in [-0.2, -0.15) is 0 Å². The number of methoxy groups -OCH3 is 2. The molecule has 0 aliphatic rings. The van der Waals surface area contributed by atoms with Crippen LogP contribution in [0.5, 0.6) is 17.2 Å². The number of amides is 2. The van der Waals surface area contributed by atoms with Crippen molar-refractivity contribution in [3.63, 3.8) is 0 Å². The van der Waals surface area contributed by atoms with Gasteiger partial charge in [0.05, 0.1) is 31.4 Å². The number of benzene rings is 4. The van der Waals surface area contributed by atoms with Gasteiger partial charge in [-0.1, -0.05) is 58.4 Å². The molecule has 1 atom stereocenters. The van der Waals surface area contributed by atoms with Crippen LogP contribution in [0.4, 0.5) is 5.69 Å². The molecule has 0 aliphatic carbocycles. The van der Waals surface area contributed by atoms with Crippen LogP contribution >= 0.6 is 15.9 Å². The molecule has 0 spiro atoms. The van der Waals surface area contributed by atoms with Crippen molar-refractivity contribution < 1.29 is 32.2 Å². The highest BCUT2D eigenvalue weighted by Crippen LogP contribution is 2.33. The van der Waals surface area contributed by atoms with Crippen LogP contribution in [0, 0.1) is 0 Å². The van der Waals surface area contributed by atoms with Gasteiger partial charge in [0.25, 0.3) is 10.0 Å². The maximum absolute atomic E-state index is 14.5. The Bertz CT molecular complexity index is 1750. The number of halogens is 1. The fourth-order valence-electron chi connectivity index (χ4n) is 5.02. The number of sulfonamides is 1. The van der Waals surface area contributed by atoms with E-state index in [0.717, 1.165) is 19.9 Å². The summed E-state index contributed by atoms with van der Waals surface area (Å²) in [6.07, 6.45) is 0.217. The molecule has 0 radical (unpaired) electrons. The normalized spacial score (nSPS) is 11.7. The Labute approximate surface area is 284 Å². The average molecular weight is 725 g/mol. The highest BCUT2D eigenvalue weighted by molar-refractivity contribution is 9.10. The van der Waals surface area contributed by atoms with Crippen LogP contribution < -0.4 is 23.8 Å². The first-order valence-corrected chi connectivity index (χ1v) is 17.1. The van der Waals surface area contributed by atoms with Crippen LogP contribution in [-0.4, -0.2) is 65.6 Å². The van der Waals surface area contributed by atoms with Crippen molar-refractivity contribution in [1.29, 1.82) is 0 Å². The number of nitrogens with zero attached hydrogens (tertiary/aromatic N) is 2. The summed E-state index contributed by atoms with van der Waals surface area (Å²) in [6, 6.07) is 26.5. The second-order valence-electron chi connectivity index (χ2n) is 10.4. The van der Waals surface area contributed by atoms with Gasteiger partial charge in [-0.3, -0.25) is 13.9 Å². The summed E-state index contributed by atoms with van der Waals surface area (Å²) in [5, 5.41) is 2.69. The van der Waals surface area contributed by atoms with Gasteiger partial charge in [-0.15, -0.1) is 0 Å². The zero-order valence-electron chi connectivity index (χ0n) is 26.7. The quantitative estimate of drug-likeness (QED) is 0.174. The number of hydrogen-bond donors (Lipinski definition) is 1. The maximum atomic E-state index is 14.5. The Morgan fingerprint density at radius 2 is 1.51 bits per heavy atom. The molecule has 12 heteroatoms. The second-order valence-corrected chi connectivity index (χ2v) is 13.2. The van der Waals surface area contributed by atoms with E-state index in [2.05, 4.69) is 21.2 Å². The summed E-state index contributed by atoms with van der Waals surface area (Å²) in [6.45, 7) is 1.74. The Morgan fingerprint density at radius 1 is 0.851 bits per heavy atom. The zero-order valence-corrected chi connectivity index (χ0v) is 29.1. The van der Waals surface area contributed by atoms with Crippen LogP contribution in [0.3, 0.4) is 0 Å². The number of ether oxygens (including phenoxy) is 3. The van der Waals surface area contributed by atoms with Gasteiger partial charge < -0.3 is 24.4 Å². The minimum absolute atomic E-state index is 0.0601. The molecule has 0 aliphatic heterocycles. The molecule has 4 aromatic carbocycles. The molecule has 10 nitrogen and oxygen atoms in total. The number of carbonyl (C=O) groups is 2. The zero-order chi connectivity index (χ0) is 34.0. The minimum Gasteiger partial charge on any atom is -0.494 e. The first kappa shape index (κ1) is 35.3. The van der Waals surface area contributed by atoms with Gasteiger partial charge >= 0.3 is 0 Å². The summed E-state index contributed by atoms with van der Waals surface area (Å²) < 4.78 is 46.8. The number of likely N-dealkylation sites (N-methyl/N-ethyl adjacent to an activating group) is 1. The van der Waals surface area contributed by atoms with Crippen LogP contribution in [0.25, 0.3) is 0 Å². The molecule has 1 N–H and O–H groups in total. The molecule has 47 heavy (non-hydrogen) atoms. The Hall–Kier alpha value is -4.55. The SMILES string of the molecule is CCOc1ccc(N(CC(=O)N(Cc2ccc(Br)cc2)[C@H](Cc2ccccc2)C(=O)NC)S(=O)(=O)c2ccc(OC)c(OC)c2)cc1. The Kier molecular flexibility index (Phi) is 12.3. The first-order valence-electron chi connectivity index (χ1n) is 14.9. The summed E-state index contributed by atoms with van der Waals surface area (Å²) >= 11 is 3.44. The molecule has 0 saturated carbocycles. The summed E-state index contributed by atoms with van der Waals surface area (Å²) in [7, 11) is 0.0227. The molecule has 4 rings (SSSR count). The number of hydrogen-bond acceptors (Lipinski definition) is 7. The van der Waals surface area contributed by atoms with E-state index in [9.17, 15) is 18.0 Å². The lowest BCUT2D eigenvalue weighted by molar-refractivity contribution is -0.139. The number of anilines is 1. The Balaban J connectivity index is 1.81. The minimum atomic E-state index is -4.35. The molecule has 0 saturated heterocycles. The fraction of sp³-hybridized carbons (Fsp3) is 0.257. The van der Waals surface area contributed by atoms with E-state index < -0.39 is 28.5 Å². The lowest BCUT2D eigenvalue weighted by atomic mass is 10.0. The van der Waals surface area contributed by atoms with Crippen molar-refractivity contribution in [2.45, 2.75) is 30.8 Å². The summed E-state index contributed by atoms with van der Waals surface area (Å²) in [5.74, 6) is 0.159. The number of nitrogens with one attached hydrogen (secondary N) is 1. The molecule has 2 amide bonds. The summed E-state index contributed by atoms with van der Waals surface area (Å²) in [4.78, 5) is 29.2. The highest BCUT2D eigenvalue weighted by atomic mass is 79.9. The van der Waals surface area contributed by atoms with Crippen molar-refractivity contribution in [2.75, 3.05) is 38.7 Å². The number of rotatable bonds is 15. The van der Waals surface area contributed by atoms with Crippen molar-refractivity contribution in [2.24, 2.45) is 0 Å². The van der Waals surface area contributed by atoms with Gasteiger partial charge in [0.2, 0.25) is 11.8 Å². The van der Waals surface area contributed by atoms with E-state index in [-0.39, 0.29) is 35.2 Å². The molecule has 0 aromatic heterocycles. The molecule has 0 fully saturated rings. The molecule has 0 heterocycles. The fourth-order valence-corrected chi connectivity index (χ4v) is 6.71. The van der Waals surface area contributed by atoms with Crippen LogP contribution in [0.15, 0.2) is 106 Å². The number of carbonyl (C=O) groups excluding carboxylic acids is 2. The lowest BCUT2D eigenvalue weighted by Crippen LogP contribution is -2.53. The largest absolute Gasteiger partial charge is 0.494 e. The van der Waals surface area contributed by atoms with E-state index in [4.69, 9.17) is 14.2 Å². The molecule has 248 valence electrons. The third-order valence-electron chi connectivity index (χ3n) is 7.44. The maximum Gasteiger partial charge on any atom is 0.264 e. The van der Waals surface area contributed by atoms with Crippen molar-refractivity contribution in [3.05, 3.63) is 113 Å². The predicted molar refractivity (Wildman–Crippen MR) is 184 cm³/mol. The summed E-state index contributed by atoms with van der Waals surface area (Å²) in [5.41, 5.74) is 1.84. The molecule has 0 unspecified atom stereocenters. The van der Waals surface area contributed by atoms with Crippen molar-refractivity contribution in [1.82, 2.24) is 10.2 Å². The van der Waals surface area contributed by atoms with Crippen LogP contribution in [0.1, 0.15) is 18.1 Å². The average Bonchev–Trinajstić information content (AvgIpc) is 3.09. The van der Waals surface area contributed by atoms with Gasteiger partial charge in [-0.05, 0) is 66.6 Å². The van der Waals surface area contributed by atoms with Gasteiger partial charge in [0, 0.05) is 30.6 Å². The topological polar surface area (TPSA) is 114 Å². The van der Waals surface area contributed by atoms with Gasteiger partial charge in [0.15, 0.2) is 11.5 Å². The van der Waals surface area contributed by atoms with Crippen LogP contribution in [-0.2, 0) is 32.6 Å². The standard InChI is InChI=1S/C35H38BrN3O7S/c1-5-46-29-17-15-28(16-18-29)39(47(42,43)30-19-20-32(44-3)33(22-30)45-4)24-34(40)38(23-26-11-13-27(36)14-12-26)31(35(41)37-2)21-25-9-7-6-8-10-25/h6-20,22,31H,5,21,23-24H2,1-4H3,(H,37,41)/t31-/m1/s1. The Morgan fingerprint density at radius 3 is 2.11 bits per heavy atom. The third kappa shape index (κ3) is 8.83. The molecular weight excluding hydrogens is 686 g/mol. The monoisotopic (exact) mass is 723 g/mol. The van der Waals surface area contributed by atoms with Crippen molar-refractivity contribution >= 4 is 43.5 Å². The van der Waals surface area contributed by atoms with E-state index in [0.29, 0.717) is 18.1 Å². The second kappa shape index (κ2) is 16.3. The highest BCUT2D eigenvalue weighted by Gasteiger charge is 2.34. The lowest BCUT2D eigenvalue weighted by Gasteiger charge is -2.33. The van der Waals surface area contributed by atoms with E-state index in [1.54, 1.807) is 24.3 Å². The van der Waals surface area contributed by atoms with Gasteiger partial charge in [-0.25, -0.2) is 8.42 Å².